The first-order valence-electron chi connectivity index (χ1n) is 38.4. The summed E-state index contributed by atoms with van der Waals surface area (Å²) in [5.74, 6) is 2.66. The van der Waals surface area contributed by atoms with Crippen LogP contribution in [-0.4, -0.2) is 168 Å². The van der Waals surface area contributed by atoms with Gasteiger partial charge in [0, 0.05) is 98.6 Å². The molecule has 10 heterocycles. The number of Topliss-reactive ketones (excluding diaryl/α,β-unsaturated/α-hetero) is 2. The molecule has 24 heteroatoms. The molecule has 0 spiro atoms. The topological polar surface area (TPSA) is 261 Å². The molecule has 109 heavy (non-hydrogen) atoms. The third-order valence-electron chi connectivity index (χ3n) is 22.1. The highest BCUT2D eigenvalue weighted by atomic mass is 32.1. The number of nitrogens with zero attached hydrogens (tertiary/aromatic N) is 12. The number of rotatable bonds is 27. The molecular formula is C85H108N12O9S3. The molecule has 2 amide bonds. The number of thiazole rings is 3. The minimum Gasteiger partial charge on any atom is -0.493 e. The summed E-state index contributed by atoms with van der Waals surface area (Å²) in [7, 11) is 1.55. The second-order valence-electron chi connectivity index (χ2n) is 31.3. The number of pyridine rings is 1. The van der Waals surface area contributed by atoms with E-state index in [4.69, 9.17) is 9.26 Å². The Bertz CT molecular complexity index is 4530. The van der Waals surface area contributed by atoms with E-state index in [0.717, 1.165) is 105 Å². The van der Waals surface area contributed by atoms with Crippen LogP contribution in [0.15, 0.2) is 149 Å². The second kappa shape index (κ2) is 37.0. The van der Waals surface area contributed by atoms with Gasteiger partial charge in [0.05, 0.1) is 111 Å². The SMILES string of the molecule is COc1cnn([C@H](C(=O)N2C[C@H](O)C[C@H]2C(=O)C[C@@H](C)c2ccc(-c3scnc3C)cc2)C(C)C)c1.Cc1cc([C@H](CN2C[C@H](O)C[C@H]2CC[C@@H](C)C2=CCC(c3scnc3C)C=C2)C(C)C)on1.Cc1ncsc1-c1ccc([C@H](C)CC(=O)[C@@H]2C[C@@H](O)CN2C(=O)[C@H](C(C)C)n2cc(-c3ccccn3)cn2)cc1. The molecule has 0 radical (unpaired) electrons. The molecule has 13 atom stereocenters. The van der Waals surface area contributed by atoms with E-state index in [-0.39, 0.29) is 85.5 Å². The summed E-state index contributed by atoms with van der Waals surface area (Å²) in [5, 5.41) is 44.3. The fraction of sp³-hybridized carbons (Fsp3) is 0.494. The summed E-state index contributed by atoms with van der Waals surface area (Å²) in [4.78, 5) is 81.3. The first-order chi connectivity index (χ1) is 52.2. The fourth-order valence-electron chi connectivity index (χ4n) is 15.8. The van der Waals surface area contributed by atoms with Crippen molar-refractivity contribution in [3.05, 3.63) is 189 Å². The van der Waals surface area contributed by atoms with Gasteiger partial charge in [-0.25, -0.2) is 15.0 Å². The summed E-state index contributed by atoms with van der Waals surface area (Å²) in [6.45, 7) is 28.8. The molecule has 0 saturated carbocycles. The van der Waals surface area contributed by atoms with Crippen LogP contribution < -0.4 is 4.74 Å². The van der Waals surface area contributed by atoms with Crippen LogP contribution >= 0.6 is 34.0 Å². The van der Waals surface area contributed by atoms with Crippen molar-refractivity contribution in [3.8, 4) is 37.9 Å². The third kappa shape index (κ3) is 20.0. The molecule has 0 bridgehead atoms. The van der Waals surface area contributed by atoms with Crippen LogP contribution in [0, 0.1) is 51.4 Å². The fourth-order valence-corrected chi connectivity index (χ4v) is 18.3. The lowest BCUT2D eigenvalue weighted by molar-refractivity contribution is -0.142. The normalized spacial score (nSPS) is 21.0. The number of β-amino-alcohol motifs (C(OH)–C–C–N with tert-alkyl or cyclic N) is 3. The van der Waals surface area contributed by atoms with E-state index in [1.54, 1.807) is 85.1 Å². The number of aliphatic hydroxyl groups excluding tert-OH is 3. The molecule has 3 aliphatic heterocycles. The highest BCUT2D eigenvalue weighted by Gasteiger charge is 2.45. The lowest BCUT2D eigenvalue weighted by Crippen LogP contribution is -2.45. The number of methoxy groups -OCH3 is 1. The first kappa shape index (κ1) is 81.5. The van der Waals surface area contributed by atoms with E-state index in [1.165, 1.54) is 16.1 Å². The van der Waals surface area contributed by atoms with Gasteiger partial charge >= 0.3 is 0 Å². The number of benzene rings is 2. The van der Waals surface area contributed by atoms with Gasteiger partial charge in [-0.15, -0.1) is 34.0 Å². The van der Waals surface area contributed by atoms with Crippen molar-refractivity contribution < 1.29 is 43.8 Å². The number of aryl methyl sites for hydroxylation is 4. The Kier molecular flexibility index (Phi) is 27.7. The Hall–Kier alpha value is -8.49. The number of carbonyl (C=O) groups excluding carboxylic acids is 4. The Balaban J connectivity index is 0.000000163. The third-order valence-corrected chi connectivity index (χ3v) is 25.1. The maximum atomic E-state index is 13.9. The maximum absolute atomic E-state index is 13.9. The zero-order valence-electron chi connectivity index (χ0n) is 65.4. The maximum Gasteiger partial charge on any atom is 0.248 e. The van der Waals surface area contributed by atoms with Crippen molar-refractivity contribution in [1.82, 2.24) is 59.4 Å². The number of aliphatic hydroxyl groups is 3. The molecule has 9 aromatic rings. The van der Waals surface area contributed by atoms with Gasteiger partial charge < -0.3 is 34.4 Å². The van der Waals surface area contributed by atoms with Crippen molar-refractivity contribution in [3.63, 3.8) is 0 Å². The van der Waals surface area contributed by atoms with Crippen molar-refractivity contribution in [1.29, 1.82) is 0 Å². The quantitative estimate of drug-likeness (QED) is 0.0432. The van der Waals surface area contributed by atoms with Crippen molar-refractivity contribution in [2.75, 3.05) is 33.3 Å². The van der Waals surface area contributed by atoms with Gasteiger partial charge in [-0.1, -0.05) is 140 Å². The summed E-state index contributed by atoms with van der Waals surface area (Å²) in [6, 6.07) is 22.2. The Morgan fingerprint density at radius 1 is 0.606 bits per heavy atom. The van der Waals surface area contributed by atoms with Crippen LogP contribution in [-0.2, 0) is 19.2 Å². The number of amides is 2. The van der Waals surface area contributed by atoms with Gasteiger partial charge in [-0.05, 0) is 129 Å². The van der Waals surface area contributed by atoms with E-state index in [9.17, 15) is 34.5 Å². The molecule has 1 unspecified atom stereocenters. The number of allylic oxidation sites excluding steroid dienone is 4. The standard InChI is InChI=1S/C31H35N5O3S.C27H34N4O4S.C27H39N3O2S/c1-19(2)29(36-16-24(15-34-36)26-7-5-6-12-32-26)31(39)35-17-25(37)14-27(35)28(38)13-20(3)22-8-10-23(11-9-22)30-21(4)33-18-40-30;1-16(2)25(31-14-22(35-5)12-29-31)27(34)30-13-21(32)11-23(30)24(33)10-17(3)19-6-8-20(9-7-19)26-18(4)28-15-36-26;1-17(2)25(26-12-19(4)29-32-26)15-30-14-24(31)13-23(30)11-6-18(3)21-7-9-22(10-8-21)27-20(5)28-16-33-27/h5-12,15-16,18-20,25,27,29,37H,13-14,17H2,1-4H3;6-9,12,14-17,21,23,25,32H,10-11,13H2,1-5H3;7-9,12,16-18,22-25,31H,6,10-11,13-15H2,1-5H3/t20-,25-,27+,29+;17-,21-,23+,25+;18-,22?,23-,24-,25-/m111/s1. The molecule has 7 aromatic heterocycles. The van der Waals surface area contributed by atoms with E-state index >= 15 is 0 Å². The Morgan fingerprint density at radius 2 is 1.15 bits per heavy atom. The zero-order valence-corrected chi connectivity index (χ0v) is 67.8. The van der Waals surface area contributed by atoms with E-state index in [0.29, 0.717) is 41.9 Å². The van der Waals surface area contributed by atoms with E-state index in [1.807, 2.05) is 103 Å². The van der Waals surface area contributed by atoms with E-state index < -0.39 is 36.4 Å². The van der Waals surface area contributed by atoms with Crippen LogP contribution in [0.2, 0.25) is 0 Å². The zero-order chi connectivity index (χ0) is 77.9. The predicted octanol–water partition coefficient (Wildman–Crippen LogP) is 15.6. The predicted molar refractivity (Wildman–Crippen MR) is 430 cm³/mol. The van der Waals surface area contributed by atoms with Crippen LogP contribution in [0.4, 0.5) is 0 Å². The second-order valence-corrected chi connectivity index (χ2v) is 33.9. The van der Waals surface area contributed by atoms with Crippen molar-refractivity contribution in [2.45, 2.75) is 214 Å². The van der Waals surface area contributed by atoms with Crippen molar-refractivity contribution >= 4 is 57.4 Å². The molecular weight excluding hydrogens is 1430 g/mol. The minimum absolute atomic E-state index is 0.0138. The van der Waals surface area contributed by atoms with Gasteiger partial charge in [0.15, 0.2) is 17.3 Å². The number of ether oxygens (including phenoxy) is 1. The molecule has 3 N–H and O–H groups in total. The van der Waals surface area contributed by atoms with Crippen LogP contribution in [0.1, 0.15) is 194 Å². The van der Waals surface area contributed by atoms with Crippen LogP contribution in [0.25, 0.3) is 32.1 Å². The molecule has 580 valence electrons. The summed E-state index contributed by atoms with van der Waals surface area (Å²) < 4.78 is 14.1. The highest BCUT2D eigenvalue weighted by Crippen LogP contribution is 2.39. The van der Waals surface area contributed by atoms with Gasteiger partial charge in [0.1, 0.15) is 17.8 Å². The lowest BCUT2D eigenvalue weighted by atomic mass is 9.86. The smallest absolute Gasteiger partial charge is 0.248 e. The first-order valence-corrected chi connectivity index (χ1v) is 41.1. The average Bonchev–Trinajstić information content (AvgIpc) is 1.70. The Morgan fingerprint density at radius 3 is 1.61 bits per heavy atom. The number of carbonyl (C=O) groups is 4. The monoisotopic (exact) mass is 1540 g/mol. The minimum atomic E-state index is -0.732. The highest BCUT2D eigenvalue weighted by molar-refractivity contribution is 7.13. The number of hydrogen-bond donors (Lipinski definition) is 3. The lowest BCUT2D eigenvalue weighted by Gasteiger charge is -2.30. The number of aromatic nitrogens is 9. The molecule has 13 rings (SSSR count). The molecule has 3 fully saturated rings. The largest absolute Gasteiger partial charge is 0.493 e. The summed E-state index contributed by atoms with van der Waals surface area (Å²) >= 11 is 5.00. The van der Waals surface area contributed by atoms with Crippen LogP contribution in [0.5, 0.6) is 5.75 Å². The Labute approximate surface area is 653 Å². The number of ketones is 2. The summed E-state index contributed by atoms with van der Waals surface area (Å²) in [6.07, 6.45) is 19.2. The average molecular weight is 1540 g/mol. The molecule has 3 saturated heterocycles. The van der Waals surface area contributed by atoms with Crippen molar-refractivity contribution in [2.24, 2.45) is 23.7 Å². The van der Waals surface area contributed by atoms with Gasteiger partial charge in [0.25, 0.3) is 0 Å². The molecule has 1 aliphatic carbocycles. The van der Waals surface area contributed by atoms with E-state index in [2.05, 4.69) is 141 Å². The van der Waals surface area contributed by atoms with Crippen LogP contribution in [0.3, 0.4) is 0 Å². The number of likely N-dealkylation sites (tertiary alicyclic amines) is 3. The van der Waals surface area contributed by atoms with Gasteiger partial charge in [0.2, 0.25) is 11.8 Å². The summed E-state index contributed by atoms with van der Waals surface area (Å²) in [5.41, 5.74) is 17.2. The molecule has 2 aromatic carbocycles. The van der Waals surface area contributed by atoms with Gasteiger partial charge in [-0.3, -0.25) is 38.4 Å². The number of hydrogen-bond acceptors (Lipinski definition) is 20. The molecule has 21 nitrogen and oxygen atoms in total. The van der Waals surface area contributed by atoms with Gasteiger partial charge in [-0.2, -0.15) is 10.2 Å². The molecule has 4 aliphatic rings.